The van der Waals surface area contributed by atoms with Gasteiger partial charge in [0.1, 0.15) is 0 Å². The van der Waals surface area contributed by atoms with E-state index in [1.165, 1.54) is 6.07 Å². The molecule has 0 radical (unpaired) electrons. The second-order valence-corrected chi connectivity index (χ2v) is 3.33. The molecule has 0 spiro atoms. The molecule has 14 heavy (non-hydrogen) atoms. The molecule has 0 aliphatic heterocycles. The van der Waals surface area contributed by atoms with Gasteiger partial charge in [-0.2, -0.15) is 0 Å². The predicted octanol–water partition coefficient (Wildman–Crippen LogP) is 2.18. The molecule has 0 aliphatic rings. The molecule has 74 valence electrons. The Kier molecular flexibility index (Phi) is 3.60. The van der Waals surface area contributed by atoms with Crippen molar-refractivity contribution in [2.45, 2.75) is 6.42 Å². The summed E-state index contributed by atoms with van der Waals surface area (Å²) in [6, 6.07) is 1.39. The Morgan fingerprint density at radius 2 is 2.50 bits per heavy atom. The lowest BCUT2D eigenvalue weighted by atomic mass is 10.4. The number of hydrogen-bond donors (Lipinski definition) is 2. The van der Waals surface area contributed by atoms with Gasteiger partial charge in [0.25, 0.3) is 0 Å². The molecule has 1 rings (SSSR count). The van der Waals surface area contributed by atoms with E-state index in [2.05, 4.69) is 27.2 Å². The number of hydrogen-bond acceptors (Lipinski definition) is 3. The van der Waals surface area contributed by atoms with Crippen LogP contribution in [0.3, 0.4) is 0 Å². The van der Waals surface area contributed by atoms with Crippen LogP contribution in [-0.2, 0) is 0 Å². The quantitative estimate of drug-likeness (QED) is 0.641. The van der Waals surface area contributed by atoms with Crippen molar-refractivity contribution in [2.24, 2.45) is 0 Å². The largest absolute Gasteiger partial charge is 0.475 e. The van der Waals surface area contributed by atoms with Gasteiger partial charge in [0.15, 0.2) is 0 Å². The van der Waals surface area contributed by atoms with Crippen molar-refractivity contribution in [1.29, 1.82) is 0 Å². The second kappa shape index (κ2) is 4.72. The predicted molar refractivity (Wildman–Crippen MR) is 55.3 cm³/mol. The minimum absolute atomic E-state index is 0.111. The van der Waals surface area contributed by atoms with Gasteiger partial charge in [-0.1, -0.05) is 0 Å². The van der Waals surface area contributed by atoms with Crippen LogP contribution >= 0.6 is 15.9 Å². The van der Waals surface area contributed by atoms with Gasteiger partial charge in [-0.05, 0) is 15.9 Å². The molecule has 5 heteroatoms. The summed E-state index contributed by atoms with van der Waals surface area (Å²) in [6.07, 6.45) is 5.61. The van der Waals surface area contributed by atoms with Crippen LogP contribution in [0, 0.1) is 12.3 Å². The van der Waals surface area contributed by atoms with Crippen LogP contribution in [0.4, 0.5) is 5.88 Å². The Balaban J connectivity index is 2.69. The Morgan fingerprint density at radius 3 is 3.00 bits per heavy atom. The average molecular weight is 258 g/mol. The summed E-state index contributed by atoms with van der Waals surface area (Å²) in [5.74, 6) is 1.63. The molecule has 0 saturated heterocycles. The Morgan fingerprint density at radius 1 is 1.79 bits per heavy atom. The number of terminal acetylenes is 1. The molecular weight excluding hydrogens is 250 g/mol. The number of carbonyl (C=O) groups is 1. The number of nitrogens with one attached hydrogen (secondary N) is 1. The van der Waals surface area contributed by atoms with Crippen LogP contribution in [0.2, 0.25) is 0 Å². The number of aromatic carboxylic acids is 1. The Labute approximate surface area is 89.4 Å². The minimum Gasteiger partial charge on any atom is -0.475 e. The topological polar surface area (TPSA) is 62.5 Å². The van der Waals surface area contributed by atoms with Crippen molar-refractivity contribution >= 4 is 27.8 Å². The maximum atomic E-state index is 10.5. The third-order valence-electron chi connectivity index (χ3n) is 1.45. The van der Waals surface area contributed by atoms with E-state index in [0.29, 0.717) is 23.3 Å². The molecule has 0 unspecified atom stereocenters. The van der Waals surface area contributed by atoms with Crippen LogP contribution in [0.5, 0.6) is 0 Å². The van der Waals surface area contributed by atoms with Gasteiger partial charge in [0, 0.05) is 19.0 Å². The molecule has 0 aromatic carbocycles. The summed E-state index contributed by atoms with van der Waals surface area (Å²) < 4.78 is 5.57. The zero-order valence-electron chi connectivity index (χ0n) is 7.21. The minimum atomic E-state index is -1.10. The average Bonchev–Trinajstić information content (AvgIpc) is 2.49. The first-order valence-corrected chi connectivity index (χ1v) is 4.64. The highest BCUT2D eigenvalue weighted by Gasteiger charge is 2.13. The molecule has 2 N–H and O–H groups in total. The SMILES string of the molecule is C#CCCNc1oc(C(=O)O)cc1Br. The van der Waals surface area contributed by atoms with Crippen molar-refractivity contribution < 1.29 is 14.3 Å². The highest BCUT2D eigenvalue weighted by Crippen LogP contribution is 2.26. The van der Waals surface area contributed by atoms with Gasteiger partial charge >= 0.3 is 5.97 Å². The first-order valence-electron chi connectivity index (χ1n) is 3.85. The highest BCUT2D eigenvalue weighted by atomic mass is 79.9. The number of furan rings is 1. The van der Waals surface area contributed by atoms with E-state index in [9.17, 15) is 4.79 Å². The molecular formula is C9H8BrNO3. The number of anilines is 1. The molecule has 0 bridgehead atoms. The number of carboxylic acids is 1. The molecule has 1 aromatic rings. The Bertz CT molecular complexity index is 378. The number of halogens is 1. The summed E-state index contributed by atoms with van der Waals surface area (Å²) >= 11 is 3.17. The zero-order chi connectivity index (χ0) is 10.6. The van der Waals surface area contributed by atoms with Crippen molar-refractivity contribution in [3.05, 3.63) is 16.3 Å². The third kappa shape index (κ3) is 2.54. The van der Waals surface area contributed by atoms with Crippen LogP contribution in [0.25, 0.3) is 0 Å². The first-order chi connectivity index (χ1) is 6.65. The fraction of sp³-hybridized carbons (Fsp3) is 0.222. The van der Waals surface area contributed by atoms with Gasteiger partial charge in [0.2, 0.25) is 11.6 Å². The lowest BCUT2D eigenvalue weighted by molar-refractivity contribution is 0.0663. The van der Waals surface area contributed by atoms with Crippen molar-refractivity contribution in [3.8, 4) is 12.3 Å². The van der Waals surface area contributed by atoms with E-state index in [-0.39, 0.29) is 5.76 Å². The standard InChI is InChI=1S/C9H8BrNO3/c1-2-3-4-11-8-6(10)5-7(14-8)9(12)13/h1,5,11H,3-4H2,(H,12,13). The molecule has 0 amide bonds. The maximum Gasteiger partial charge on any atom is 0.371 e. The Hall–Kier alpha value is -1.41. The number of carboxylic acid groups (broad SMARTS) is 1. The maximum absolute atomic E-state index is 10.5. The van der Waals surface area contributed by atoms with E-state index in [1.54, 1.807) is 0 Å². The monoisotopic (exact) mass is 257 g/mol. The molecule has 0 saturated carbocycles. The normalized spacial score (nSPS) is 9.43. The summed E-state index contributed by atoms with van der Waals surface area (Å²) in [4.78, 5) is 10.5. The number of rotatable bonds is 4. The summed E-state index contributed by atoms with van der Waals surface area (Å²) in [5, 5.41) is 11.5. The fourth-order valence-corrected chi connectivity index (χ4v) is 1.27. The third-order valence-corrected chi connectivity index (χ3v) is 2.04. The van der Waals surface area contributed by atoms with Crippen molar-refractivity contribution in [2.75, 3.05) is 11.9 Å². The molecule has 1 aromatic heterocycles. The first kappa shape index (κ1) is 10.7. The summed E-state index contributed by atoms with van der Waals surface area (Å²) in [7, 11) is 0. The molecule has 0 aliphatic carbocycles. The highest BCUT2D eigenvalue weighted by molar-refractivity contribution is 9.10. The van der Waals surface area contributed by atoms with E-state index in [0.717, 1.165) is 0 Å². The second-order valence-electron chi connectivity index (χ2n) is 2.47. The van der Waals surface area contributed by atoms with Crippen LogP contribution in [0.1, 0.15) is 17.0 Å². The van der Waals surface area contributed by atoms with Gasteiger partial charge in [-0.25, -0.2) is 4.79 Å². The van der Waals surface area contributed by atoms with Crippen LogP contribution in [0.15, 0.2) is 15.0 Å². The summed E-state index contributed by atoms with van der Waals surface area (Å²) in [5.41, 5.74) is 0. The van der Waals surface area contributed by atoms with E-state index < -0.39 is 5.97 Å². The van der Waals surface area contributed by atoms with Gasteiger partial charge in [-0.3, -0.25) is 0 Å². The fourth-order valence-electron chi connectivity index (χ4n) is 0.843. The van der Waals surface area contributed by atoms with E-state index in [4.69, 9.17) is 15.9 Å². The molecule has 0 atom stereocenters. The molecule has 1 heterocycles. The van der Waals surface area contributed by atoms with Crippen LogP contribution < -0.4 is 5.32 Å². The molecule has 0 fully saturated rings. The summed E-state index contributed by atoms with van der Waals surface area (Å²) in [6.45, 7) is 0.543. The lowest BCUT2D eigenvalue weighted by Crippen LogP contribution is -1.99. The molecule has 4 nitrogen and oxygen atoms in total. The smallest absolute Gasteiger partial charge is 0.371 e. The van der Waals surface area contributed by atoms with Crippen molar-refractivity contribution in [1.82, 2.24) is 0 Å². The lowest BCUT2D eigenvalue weighted by Gasteiger charge is -1.98. The van der Waals surface area contributed by atoms with Gasteiger partial charge in [0.05, 0.1) is 4.47 Å². The zero-order valence-corrected chi connectivity index (χ0v) is 8.80. The van der Waals surface area contributed by atoms with Crippen molar-refractivity contribution in [3.63, 3.8) is 0 Å². The van der Waals surface area contributed by atoms with Crippen LogP contribution in [-0.4, -0.2) is 17.6 Å². The van der Waals surface area contributed by atoms with Gasteiger partial charge < -0.3 is 14.8 Å². The van der Waals surface area contributed by atoms with E-state index >= 15 is 0 Å². The van der Waals surface area contributed by atoms with E-state index in [1.807, 2.05) is 0 Å². The van der Waals surface area contributed by atoms with Gasteiger partial charge in [-0.15, -0.1) is 12.3 Å².